The molecule has 2 N–H and O–H groups in total. The van der Waals surface area contributed by atoms with Crippen molar-refractivity contribution in [1.29, 1.82) is 0 Å². The first kappa shape index (κ1) is 26.0. The molecule has 2 heterocycles. The van der Waals surface area contributed by atoms with Gasteiger partial charge in [-0.2, -0.15) is 13.2 Å². The van der Waals surface area contributed by atoms with Gasteiger partial charge >= 0.3 is 11.9 Å². The zero-order valence-electron chi connectivity index (χ0n) is 17.2. The lowest BCUT2D eigenvalue weighted by atomic mass is 10.0. The van der Waals surface area contributed by atoms with E-state index in [0.29, 0.717) is 5.56 Å². The maximum Gasteiger partial charge on any atom is 0.449 e. The third-order valence-electron chi connectivity index (χ3n) is 4.70. The van der Waals surface area contributed by atoms with E-state index in [9.17, 15) is 32.7 Å². The summed E-state index contributed by atoms with van der Waals surface area (Å²) < 4.78 is 49.1. The highest BCUT2D eigenvalue weighted by Gasteiger charge is 2.39. The van der Waals surface area contributed by atoms with Crippen LogP contribution in [-0.2, 0) is 14.3 Å². The number of alkyl halides is 3. The van der Waals surface area contributed by atoms with Gasteiger partial charge in [-0.1, -0.05) is 21.6 Å². The first-order valence-electron chi connectivity index (χ1n) is 9.44. The maximum absolute atomic E-state index is 12.3. The second-order valence-corrected chi connectivity index (χ2v) is 10.7. The molecule has 0 aromatic carbocycles. The Hall–Kier alpha value is -1.28. The molecular weight excluding hydrogens is 461 g/mol. The van der Waals surface area contributed by atoms with Crippen LogP contribution in [0.3, 0.4) is 0 Å². The number of rotatable bonds is 10. The SMILES string of the molecule is Cc1cn([C@H]2CC(OCSSC(C)(C)CCC(=O)C(F)(F)F)[C@@H](CO)O2)c(=O)[nH]c1=O. The molecule has 1 fully saturated rings. The second kappa shape index (κ2) is 10.6. The van der Waals surface area contributed by atoms with Gasteiger partial charge in [0.25, 0.3) is 5.56 Å². The molecule has 1 aromatic rings. The van der Waals surface area contributed by atoms with Gasteiger partial charge in [-0.05, 0) is 27.2 Å². The molecule has 0 radical (unpaired) electrons. The molecule has 0 amide bonds. The monoisotopic (exact) mass is 486 g/mol. The highest BCUT2D eigenvalue weighted by Crippen LogP contribution is 2.40. The van der Waals surface area contributed by atoms with E-state index in [4.69, 9.17) is 9.47 Å². The Balaban J connectivity index is 1.85. The van der Waals surface area contributed by atoms with Crippen LogP contribution in [0.4, 0.5) is 13.2 Å². The molecule has 8 nitrogen and oxygen atoms in total. The van der Waals surface area contributed by atoms with E-state index < -0.39 is 52.8 Å². The third kappa shape index (κ3) is 7.38. The van der Waals surface area contributed by atoms with Gasteiger partial charge in [-0.25, -0.2) is 4.79 Å². The smallest absolute Gasteiger partial charge is 0.394 e. The van der Waals surface area contributed by atoms with Gasteiger partial charge in [0.1, 0.15) is 18.3 Å². The molecule has 0 saturated carbocycles. The summed E-state index contributed by atoms with van der Waals surface area (Å²) in [6.07, 6.45) is -5.59. The van der Waals surface area contributed by atoms with Crippen molar-refractivity contribution >= 4 is 27.4 Å². The number of ketones is 1. The summed E-state index contributed by atoms with van der Waals surface area (Å²) in [6, 6.07) is 0. The van der Waals surface area contributed by atoms with Crippen LogP contribution in [0.25, 0.3) is 0 Å². The average molecular weight is 487 g/mol. The molecule has 2 rings (SSSR count). The van der Waals surface area contributed by atoms with Crippen LogP contribution in [0.2, 0.25) is 0 Å². The van der Waals surface area contributed by atoms with Crippen molar-refractivity contribution in [3.05, 3.63) is 32.6 Å². The molecule has 1 aliphatic rings. The molecule has 0 bridgehead atoms. The predicted octanol–water partition coefficient (Wildman–Crippen LogP) is 2.54. The number of nitrogens with one attached hydrogen (secondary N) is 1. The molecule has 1 saturated heterocycles. The van der Waals surface area contributed by atoms with E-state index in [2.05, 4.69) is 4.98 Å². The Bertz CT molecular complexity index is 886. The first-order chi connectivity index (χ1) is 14.3. The van der Waals surface area contributed by atoms with Gasteiger partial charge in [0.05, 0.1) is 12.7 Å². The largest absolute Gasteiger partial charge is 0.449 e. The zero-order chi connectivity index (χ0) is 23.4. The molecule has 3 atom stereocenters. The Morgan fingerprint density at radius 3 is 2.68 bits per heavy atom. The van der Waals surface area contributed by atoms with Gasteiger partial charge in [0.2, 0.25) is 5.78 Å². The molecule has 31 heavy (non-hydrogen) atoms. The number of Topliss-reactive ketones (excluding diaryl/α,β-unsaturated/α-hetero) is 1. The number of H-pyrrole nitrogens is 1. The van der Waals surface area contributed by atoms with Gasteiger partial charge < -0.3 is 14.6 Å². The molecule has 1 aliphatic heterocycles. The topological polar surface area (TPSA) is 111 Å². The van der Waals surface area contributed by atoms with Crippen LogP contribution in [0.5, 0.6) is 0 Å². The molecular formula is C18H25F3N2O6S2. The molecule has 0 spiro atoms. The minimum absolute atomic E-state index is 0.0609. The van der Waals surface area contributed by atoms with Crippen molar-refractivity contribution in [2.75, 3.05) is 12.5 Å². The number of aromatic nitrogens is 2. The zero-order valence-corrected chi connectivity index (χ0v) is 18.9. The summed E-state index contributed by atoms with van der Waals surface area (Å²) in [5, 5.41) is 9.56. The summed E-state index contributed by atoms with van der Waals surface area (Å²) in [5.41, 5.74) is -0.775. The van der Waals surface area contributed by atoms with E-state index in [0.717, 1.165) is 0 Å². The van der Waals surface area contributed by atoms with Crippen LogP contribution >= 0.6 is 21.6 Å². The number of aliphatic hydroxyl groups excluding tert-OH is 1. The normalized spacial score (nSPS) is 22.1. The number of ether oxygens (including phenoxy) is 2. The van der Waals surface area contributed by atoms with Crippen LogP contribution < -0.4 is 11.2 Å². The average Bonchev–Trinajstić information content (AvgIpc) is 3.08. The van der Waals surface area contributed by atoms with Crippen molar-refractivity contribution in [3.8, 4) is 0 Å². The quantitative estimate of drug-likeness (QED) is 0.295. The third-order valence-corrected chi connectivity index (χ3v) is 7.70. The number of carbonyl (C=O) groups excluding carboxylic acids is 1. The van der Waals surface area contributed by atoms with Crippen molar-refractivity contribution in [3.63, 3.8) is 0 Å². The van der Waals surface area contributed by atoms with Crippen molar-refractivity contribution in [2.45, 2.75) is 69.4 Å². The van der Waals surface area contributed by atoms with E-state index >= 15 is 0 Å². The van der Waals surface area contributed by atoms with Crippen molar-refractivity contribution < 1.29 is 32.5 Å². The molecule has 1 aromatic heterocycles. The summed E-state index contributed by atoms with van der Waals surface area (Å²) in [4.78, 5) is 36.8. The fraction of sp³-hybridized carbons (Fsp3) is 0.722. The van der Waals surface area contributed by atoms with E-state index in [-0.39, 0.29) is 25.4 Å². The Morgan fingerprint density at radius 1 is 1.39 bits per heavy atom. The summed E-state index contributed by atoms with van der Waals surface area (Å²) in [5.74, 6) is -1.58. The lowest BCUT2D eigenvalue weighted by molar-refractivity contribution is -0.171. The van der Waals surface area contributed by atoms with Crippen LogP contribution in [0.15, 0.2) is 15.8 Å². The van der Waals surface area contributed by atoms with Crippen LogP contribution in [0.1, 0.15) is 44.9 Å². The number of halogens is 3. The number of carbonyl (C=O) groups is 1. The lowest BCUT2D eigenvalue weighted by Crippen LogP contribution is -2.33. The van der Waals surface area contributed by atoms with Gasteiger partial charge in [0.15, 0.2) is 0 Å². The van der Waals surface area contributed by atoms with Crippen molar-refractivity contribution in [2.24, 2.45) is 0 Å². The number of hydrogen-bond acceptors (Lipinski definition) is 8. The van der Waals surface area contributed by atoms with Crippen LogP contribution in [0, 0.1) is 6.92 Å². The molecule has 176 valence electrons. The second-order valence-electron chi connectivity index (χ2n) is 7.73. The van der Waals surface area contributed by atoms with Crippen molar-refractivity contribution in [1.82, 2.24) is 9.55 Å². The number of nitrogens with zero attached hydrogens (tertiary/aromatic N) is 1. The molecule has 1 unspecified atom stereocenters. The van der Waals surface area contributed by atoms with E-state index in [1.54, 1.807) is 20.8 Å². The number of aryl methyl sites for hydroxylation is 1. The van der Waals surface area contributed by atoms with E-state index in [1.165, 1.54) is 32.4 Å². The lowest BCUT2D eigenvalue weighted by Gasteiger charge is -2.23. The van der Waals surface area contributed by atoms with Crippen LogP contribution in [-0.4, -0.2) is 56.1 Å². The Kier molecular flexibility index (Phi) is 8.85. The number of aromatic amines is 1. The Labute approximate surface area is 184 Å². The fourth-order valence-corrected chi connectivity index (χ4v) is 5.21. The highest BCUT2D eigenvalue weighted by atomic mass is 33.1. The highest BCUT2D eigenvalue weighted by molar-refractivity contribution is 8.77. The minimum atomic E-state index is -4.82. The predicted molar refractivity (Wildman–Crippen MR) is 111 cm³/mol. The number of hydrogen-bond donors (Lipinski definition) is 2. The number of aliphatic hydroxyl groups is 1. The first-order valence-corrected chi connectivity index (χ1v) is 11.8. The maximum atomic E-state index is 12.3. The standard InChI is InChI=1S/C18H25F3N2O6S2/c1-10-7-23(16(27)22-15(10)26)14-6-11(12(8-24)29-14)28-9-30-31-17(2,3)5-4-13(25)18(19,20)21/h7,11-12,14,24H,4-6,8-9H2,1-3H3,(H,22,26,27)/t11?,12-,14-/m1/s1. The molecule has 0 aliphatic carbocycles. The van der Waals surface area contributed by atoms with Gasteiger partial charge in [-0.15, -0.1) is 0 Å². The van der Waals surface area contributed by atoms with E-state index in [1.807, 2.05) is 0 Å². The summed E-state index contributed by atoms with van der Waals surface area (Å²) in [7, 11) is 2.57. The minimum Gasteiger partial charge on any atom is -0.394 e. The van der Waals surface area contributed by atoms with Gasteiger partial charge in [-0.3, -0.25) is 19.1 Å². The molecule has 13 heteroatoms. The summed E-state index contributed by atoms with van der Waals surface area (Å²) in [6.45, 7) is 4.70. The van der Waals surface area contributed by atoms with Gasteiger partial charge in [0, 0.05) is 29.3 Å². The fourth-order valence-electron chi connectivity index (χ4n) is 2.91. The summed E-state index contributed by atoms with van der Waals surface area (Å²) >= 11 is 0. The Morgan fingerprint density at radius 2 is 2.06 bits per heavy atom.